The lowest BCUT2D eigenvalue weighted by Crippen LogP contribution is -2.13. The topological polar surface area (TPSA) is 69.9 Å². The zero-order valence-corrected chi connectivity index (χ0v) is 11.9. The Morgan fingerprint density at radius 1 is 1.50 bits per heavy atom. The Kier molecular flexibility index (Phi) is 4.67. The summed E-state index contributed by atoms with van der Waals surface area (Å²) in [7, 11) is 1.31. The third kappa shape index (κ3) is 3.53. The first-order valence-electron chi connectivity index (χ1n) is 5.81. The van der Waals surface area contributed by atoms with Crippen molar-refractivity contribution in [2.24, 2.45) is 0 Å². The molecule has 20 heavy (non-hydrogen) atoms. The highest BCUT2D eigenvalue weighted by Gasteiger charge is 2.11. The second kappa shape index (κ2) is 6.47. The normalized spacial score (nSPS) is 10.6. The highest BCUT2D eigenvalue weighted by Crippen LogP contribution is 2.22. The summed E-state index contributed by atoms with van der Waals surface area (Å²) in [5, 5.41) is 11.6. The number of thioether (sulfide) groups is 1. The maximum absolute atomic E-state index is 13.0. The molecule has 2 rings (SSSR count). The van der Waals surface area contributed by atoms with E-state index in [4.69, 9.17) is 0 Å². The first-order valence-corrected chi connectivity index (χ1v) is 6.79. The Hall–Kier alpha value is -1.96. The number of tetrazole rings is 1. The number of rotatable bonds is 5. The largest absolute Gasteiger partial charge is 0.468 e. The molecule has 106 valence electrons. The number of halogens is 1. The molecule has 0 atom stereocenters. The number of aryl methyl sites for hydroxylation is 1. The number of esters is 1. The molecular formula is C12H13FN4O2S. The van der Waals surface area contributed by atoms with E-state index in [1.54, 1.807) is 6.07 Å². The second-order valence-corrected chi connectivity index (χ2v) is 5.00. The molecule has 0 amide bonds. The van der Waals surface area contributed by atoms with Crippen LogP contribution in [0.25, 0.3) is 0 Å². The van der Waals surface area contributed by atoms with Crippen LogP contribution in [0.3, 0.4) is 0 Å². The van der Waals surface area contributed by atoms with Gasteiger partial charge >= 0.3 is 5.97 Å². The van der Waals surface area contributed by atoms with Gasteiger partial charge in [0.2, 0.25) is 5.16 Å². The van der Waals surface area contributed by atoms with Crippen LogP contribution in [-0.4, -0.2) is 33.3 Å². The number of hydrogen-bond donors (Lipinski definition) is 0. The van der Waals surface area contributed by atoms with Crippen LogP contribution in [0.5, 0.6) is 0 Å². The number of carbonyl (C=O) groups excluding carboxylic acids is 1. The highest BCUT2D eigenvalue weighted by atomic mass is 32.2. The van der Waals surface area contributed by atoms with E-state index in [0.29, 0.717) is 10.9 Å². The summed E-state index contributed by atoms with van der Waals surface area (Å²) in [6.07, 6.45) is 0. The van der Waals surface area contributed by atoms with Gasteiger partial charge in [-0.3, -0.25) is 4.79 Å². The van der Waals surface area contributed by atoms with Crippen molar-refractivity contribution in [2.75, 3.05) is 7.11 Å². The molecule has 0 bridgehead atoms. The van der Waals surface area contributed by atoms with Crippen molar-refractivity contribution in [1.29, 1.82) is 0 Å². The van der Waals surface area contributed by atoms with Crippen LogP contribution in [-0.2, 0) is 21.8 Å². The van der Waals surface area contributed by atoms with E-state index in [2.05, 4.69) is 20.3 Å². The molecule has 0 radical (unpaired) electrons. The molecule has 0 aliphatic rings. The number of hydrogen-bond acceptors (Lipinski definition) is 6. The SMILES string of the molecule is COC(=O)Cn1nnnc1SCc1ccc(F)cc1C. The van der Waals surface area contributed by atoms with Gasteiger partial charge in [-0.2, -0.15) is 0 Å². The minimum absolute atomic E-state index is 0.0335. The zero-order valence-electron chi connectivity index (χ0n) is 11.0. The van der Waals surface area contributed by atoms with Crippen molar-refractivity contribution in [3.63, 3.8) is 0 Å². The molecule has 1 aromatic carbocycles. The summed E-state index contributed by atoms with van der Waals surface area (Å²) in [4.78, 5) is 11.2. The number of nitrogens with zero attached hydrogens (tertiary/aromatic N) is 4. The average molecular weight is 296 g/mol. The molecular weight excluding hydrogens is 283 g/mol. The van der Waals surface area contributed by atoms with Crippen molar-refractivity contribution in [3.05, 3.63) is 35.1 Å². The quantitative estimate of drug-likeness (QED) is 0.616. The molecule has 1 heterocycles. The van der Waals surface area contributed by atoms with E-state index in [1.165, 1.54) is 35.7 Å². The van der Waals surface area contributed by atoms with Crippen molar-refractivity contribution >= 4 is 17.7 Å². The van der Waals surface area contributed by atoms with Gasteiger partial charge in [0.25, 0.3) is 0 Å². The molecule has 0 spiro atoms. The molecule has 0 fully saturated rings. The number of ether oxygens (including phenoxy) is 1. The van der Waals surface area contributed by atoms with Gasteiger partial charge in [0.15, 0.2) is 0 Å². The van der Waals surface area contributed by atoms with Crippen LogP contribution in [0.1, 0.15) is 11.1 Å². The lowest BCUT2D eigenvalue weighted by Gasteiger charge is -2.06. The van der Waals surface area contributed by atoms with E-state index in [0.717, 1.165) is 11.1 Å². The van der Waals surface area contributed by atoms with Crippen molar-refractivity contribution in [1.82, 2.24) is 20.2 Å². The Balaban J connectivity index is 2.04. The smallest absolute Gasteiger partial charge is 0.327 e. The van der Waals surface area contributed by atoms with Gasteiger partial charge in [-0.25, -0.2) is 9.07 Å². The summed E-state index contributed by atoms with van der Waals surface area (Å²) in [6.45, 7) is 1.81. The molecule has 6 nitrogen and oxygen atoms in total. The van der Waals surface area contributed by atoms with E-state index in [1.807, 2.05) is 6.92 Å². The van der Waals surface area contributed by atoms with E-state index < -0.39 is 5.97 Å². The van der Waals surface area contributed by atoms with Gasteiger partial charge in [0.1, 0.15) is 12.4 Å². The summed E-state index contributed by atoms with van der Waals surface area (Å²) in [5.74, 6) is -0.0860. The maximum atomic E-state index is 13.0. The lowest BCUT2D eigenvalue weighted by molar-refractivity contribution is -0.141. The fourth-order valence-corrected chi connectivity index (χ4v) is 2.50. The lowest BCUT2D eigenvalue weighted by atomic mass is 10.1. The van der Waals surface area contributed by atoms with Gasteiger partial charge in [0, 0.05) is 5.75 Å². The first-order chi connectivity index (χ1) is 9.60. The van der Waals surface area contributed by atoms with Crippen LogP contribution >= 0.6 is 11.8 Å². The minimum atomic E-state index is -0.419. The van der Waals surface area contributed by atoms with Gasteiger partial charge in [-0.05, 0) is 40.6 Å². The van der Waals surface area contributed by atoms with Crippen LogP contribution < -0.4 is 0 Å². The fraction of sp³-hybridized carbons (Fsp3) is 0.333. The van der Waals surface area contributed by atoms with E-state index in [9.17, 15) is 9.18 Å². The predicted molar refractivity (Wildman–Crippen MR) is 70.5 cm³/mol. The Bertz CT molecular complexity index is 617. The summed E-state index contributed by atoms with van der Waals surface area (Å²) >= 11 is 1.38. The Labute approximate surface area is 119 Å². The highest BCUT2D eigenvalue weighted by molar-refractivity contribution is 7.98. The second-order valence-electron chi connectivity index (χ2n) is 4.05. The van der Waals surface area contributed by atoms with Gasteiger partial charge < -0.3 is 4.74 Å². The Morgan fingerprint density at radius 3 is 3.00 bits per heavy atom. The summed E-state index contributed by atoms with van der Waals surface area (Å²) in [6, 6.07) is 4.62. The molecule has 0 aliphatic carbocycles. The van der Waals surface area contributed by atoms with Gasteiger partial charge in [-0.15, -0.1) is 5.10 Å². The van der Waals surface area contributed by atoms with Gasteiger partial charge in [-0.1, -0.05) is 17.8 Å². The third-order valence-electron chi connectivity index (χ3n) is 2.67. The van der Waals surface area contributed by atoms with E-state index in [-0.39, 0.29) is 12.4 Å². The molecule has 8 heteroatoms. The minimum Gasteiger partial charge on any atom is -0.468 e. The molecule has 2 aromatic rings. The van der Waals surface area contributed by atoms with Crippen LogP contribution in [0.15, 0.2) is 23.4 Å². The number of carbonyl (C=O) groups is 1. The van der Waals surface area contributed by atoms with Crippen molar-refractivity contribution < 1.29 is 13.9 Å². The first kappa shape index (κ1) is 14.4. The van der Waals surface area contributed by atoms with E-state index >= 15 is 0 Å². The molecule has 0 saturated heterocycles. The van der Waals surface area contributed by atoms with Crippen LogP contribution in [0, 0.1) is 12.7 Å². The fourth-order valence-electron chi connectivity index (χ4n) is 1.55. The summed E-state index contributed by atoms with van der Waals surface area (Å²) < 4.78 is 19.0. The maximum Gasteiger partial charge on any atom is 0.327 e. The van der Waals surface area contributed by atoms with Crippen LogP contribution in [0.2, 0.25) is 0 Å². The van der Waals surface area contributed by atoms with Crippen LogP contribution in [0.4, 0.5) is 4.39 Å². The molecule has 0 aliphatic heterocycles. The standard InChI is InChI=1S/C12H13FN4O2S/c1-8-5-10(13)4-3-9(8)7-20-12-14-15-16-17(12)6-11(18)19-2/h3-5H,6-7H2,1-2H3. The van der Waals surface area contributed by atoms with Gasteiger partial charge in [0.05, 0.1) is 7.11 Å². The molecule has 0 saturated carbocycles. The third-order valence-corrected chi connectivity index (χ3v) is 3.67. The predicted octanol–water partition coefficient (Wildman–Crippen LogP) is 1.59. The molecule has 0 N–H and O–H groups in total. The van der Waals surface area contributed by atoms with Crippen molar-refractivity contribution in [3.8, 4) is 0 Å². The summed E-state index contributed by atoms with van der Waals surface area (Å²) in [5.41, 5.74) is 1.86. The zero-order chi connectivity index (χ0) is 14.5. The average Bonchev–Trinajstić information content (AvgIpc) is 2.85. The number of benzene rings is 1. The molecule has 0 unspecified atom stereocenters. The van der Waals surface area contributed by atoms with Crippen molar-refractivity contribution in [2.45, 2.75) is 24.4 Å². The number of methoxy groups -OCH3 is 1. The molecule has 1 aromatic heterocycles. The Morgan fingerprint density at radius 2 is 2.30 bits per heavy atom. The number of aromatic nitrogens is 4. The monoisotopic (exact) mass is 296 g/mol.